The lowest BCUT2D eigenvalue weighted by Gasteiger charge is -2.38. The maximum Gasteiger partial charge on any atom is 0.241 e. The second kappa shape index (κ2) is 8.10. The van der Waals surface area contributed by atoms with Gasteiger partial charge in [0, 0.05) is 12.2 Å². The number of likely N-dealkylation sites (N-methyl/N-ethyl adjacent to an activating group) is 1. The third-order valence-electron chi connectivity index (χ3n) is 4.99. The number of anilines is 1. The van der Waals surface area contributed by atoms with Crippen LogP contribution >= 0.6 is 0 Å². The second-order valence-corrected chi connectivity index (χ2v) is 6.57. The lowest BCUT2D eigenvalue weighted by molar-refractivity contribution is -0.129. The highest BCUT2D eigenvalue weighted by molar-refractivity contribution is 5.95. The highest BCUT2D eigenvalue weighted by Crippen LogP contribution is 2.25. The standard InChI is InChI=1S/C19H28N2O3/c1-3-21(16-9-5-4-8-15(16)2)18(22)14-20-11-7-6-10-17(20)19-23-12-13-24-19/h4-5,8-9,17,19H,3,6-7,10-14H2,1-2H3. The second-order valence-electron chi connectivity index (χ2n) is 6.57. The fourth-order valence-corrected chi connectivity index (χ4v) is 3.73. The first-order valence-electron chi connectivity index (χ1n) is 9.04. The quantitative estimate of drug-likeness (QED) is 0.831. The van der Waals surface area contributed by atoms with Crippen LogP contribution in [0.5, 0.6) is 0 Å². The van der Waals surface area contributed by atoms with E-state index >= 15 is 0 Å². The minimum atomic E-state index is -0.174. The molecule has 1 amide bonds. The van der Waals surface area contributed by atoms with Crippen LogP contribution in [-0.2, 0) is 14.3 Å². The summed E-state index contributed by atoms with van der Waals surface area (Å²) < 4.78 is 11.4. The maximum atomic E-state index is 13.0. The van der Waals surface area contributed by atoms with Gasteiger partial charge in [0.1, 0.15) is 0 Å². The molecule has 5 nitrogen and oxygen atoms in total. The first kappa shape index (κ1) is 17.4. The minimum absolute atomic E-state index is 0.150. The molecule has 0 bridgehead atoms. The Bertz CT molecular complexity index is 557. The number of aryl methyl sites for hydroxylation is 1. The van der Waals surface area contributed by atoms with Gasteiger partial charge in [-0.2, -0.15) is 0 Å². The summed E-state index contributed by atoms with van der Waals surface area (Å²) in [5.41, 5.74) is 2.14. The molecular formula is C19H28N2O3. The summed E-state index contributed by atoms with van der Waals surface area (Å²) >= 11 is 0. The number of carbonyl (C=O) groups is 1. The van der Waals surface area contributed by atoms with E-state index in [1.807, 2.05) is 30.0 Å². The van der Waals surface area contributed by atoms with E-state index < -0.39 is 0 Å². The fraction of sp³-hybridized carbons (Fsp3) is 0.632. The number of para-hydroxylation sites is 1. The number of carbonyl (C=O) groups excluding carboxylic acids is 1. The van der Waals surface area contributed by atoms with Gasteiger partial charge in [-0.15, -0.1) is 0 Å². The van der Waals surface area contributed by atoms with Crippen molar-refractivity contribution < 1.29 is 14.3 Å². The largest absolute Gasteiger partial charge is 0.349 e. The van der Waals surface area contributed by atoms with E-state index in [-0.39, 0.29) is 18.2 Å². The van der Waals surface area contributed by atoms with Crippen LogP contribution < -0.4 is 4.90 Å². The fourth-order valence-electron chi connectivity index (χ4n) is 3.73. The molecule has 0 aromatic heterocycles. The van der Waals surface area contributed by atoms with Crippen molar-refractivity contribution in [2.45, 2.75) is 45.4 Å². The highest BCUT2D eigenvalue weighted by Gasteiger charge is 2.35. The number of benzene rings is 1. The van der Waals surface area contributed by atoms with Crippen molar-refractivity contribution >= 4 is 11.6 Å². The third kappa shape index (κ3) is 3.79. The lowest BCUT2D eigenvalue weighted by atomic mass is 10.0. The van der Waals surface area contributed by atoms with Crippen molar-refractivity contribution in [2.24, 2.45) is 0 Å². The van der Waals surface area contributed by atoms with Gasteiger partial charge in [-0.3, -0.25) is 9.69 Å². The van der Waals surface area contributed by atoms with Gasteiger partial charge in [0.15, 0.2) is 6.29 Å². The number of hydrogen-bond acceptors (Lipinski definition) is 4. The van der Waals surface area contributed by atoms with Gasteiger partial charge in [0.05, 0.1) is 25.8 Å². The summed E-state index contributed by atoms with van der Waals surface area (Å²) in [6.45, 7) is 7.44. The maximum absolute atomic E-state index is 13.0. The number of piperidine rings is 1. The summed E-state index contributed by atoms with van der Waals surface area (Å²) in [6, 6.07) is 8.26. The number of ether oxygens (including phenoxy) is 2. The van der Waals surface area contributed by atoms with E-state index in [9.17, 15) is 4.79 Å². The van der Waals surface area contributed by atoms with Gasteiger partial charge in [0.25, 0.3) is 0 Å². The van der Waals surface area contributed by atoms with Crippen LogP contribution in [0.2, 0.25) is 0 Å². The summed E-state index contributed by atoms with van der Waals surface area (Å²) in [7, 11) is 0. The zero-order valence-electron chi connectivity index (χ0n) is 14.7. The van der Waals surface area contributed by atoms with Crippen molar-refractivity contribution in [1.82, 2.24) is 4.90 Å². The Hall–Kier alpha value is -1.43. The topological polar surface area (TPSA) is 42.0 Å². The Labute approximate surface area is 144 Å². The van der Waals surface area contributed by atoms with E-state index in [1.54, 1.807) is 0 Å². The highest BCUT2D eigenvalue weighted by atomic mass is 16.7. The number of nitrogens with zero attached hydrogens (tertiary/aromatic N) is 2. The zero-order valence-corrected chi connectivity index (χ0v) is 14.7. The van der Waals surface area contributed by atoms with Gasteiger partial charge in [-0.25, -0.2) is 0 Å². The molecule has 0 N–H and O–H groups in total. The Balaban J connectivity index is 1.70. The molecule has 1 aromatic rings. The molecule has 2 fully saturated rings. The van der Waals surface area contributed by atoms with Gasteiger partial charge in [-0.05, 0) is 44.9 Å². The normalized spacial score (nSPS) is 22.7. The molecule has 2 aliphatic rings. The molecule has 1 unspecified atom stereocenters. The van der Waals surface area contributed by atoms with E-state index in [0.717, 1.165) is 30.6 Å². The molecule has 5 heteroatoms. The van der Waals surface area contributed by atoms with Crippen LogP contribution in [0.1, 0.15) is 31.7 Å². The predicted molar refractivity (Wildman–Crippen MR) is 94.1 cm³/mol. The van der Waals surface area contributed by atoms with Crippen LogP contribution in [0.25, 0.3) is 0 Å². The Morgan fingerprint density at radius 3 is 2.71 bits per heavy atom. The van der Waals surface area contributed by atoms with E-state index in [1.165, 1.54) is 6.42 Å². The molecule has 24 heavy (non-hydrogen) atoms. The average Bonchev–Trinajstić information content (AvgIpc) is 3.12. The summed E-state index contributed by atoms with van der Waals surface area (Å²) in [6.07, 6.45) is 3.17. The minimum Gasteiger partial charge on any atom is -0.349 e. The average molecular weight is 332 g/mol. The van der Waals surface area contributed by atoms with Gasteiger partial charge < -0.3 is 14.4 Å². The summed E-state index contributed by atoms with van der Waals surface area (Å²) in [4.78, 5) is 17.1. The van der Waals surface area contributed by atoms with Crippen LogP contribution in [0.15, 0.2) is 24.3 Å². The monoisotopic (exact) mass is 332 g/mol. The zero-order chi connectivity index (χ0) is 16.9. The number of hydrogen-bond donors (Lipinski definition) is 0. The molecule has 0 spiro atoms. The van der Waals surface area contributed by atoms with Crippen LogP contribution in [0.4, 0.5) is 5.69 Å². The first-order valence-corrected chi connectivity index (χ1v) is 9.04. The lowest BCUT2D eigenvalue weighted by Crippen LogP contribution is -2.51. The van der Waals surface area contributed by atoms with Gasteiger partial charge >= 0.3 is 0 Å². The van der Waals surface area contributed by atoms with Crippen LogP contribution in [0.3, 0.4) is 0 Å². The SMILES string of the molecule is CCN(C(=O)CN1CCCCC1C1OCCO1)c1ccccc1C. The molecule has 2 aliphatic heterocycles. The van der Waals surface area contributed by atoms with Gasteiger partial charge in [-0.1, -0.05) is 24.6 Å². The predicted octanol–water partition coefficient (Wildman–Crippen LogP) is 2.58. The Morgan fingerprint density at radius 2 is 2.00 bits per heavy atom. The van der Waals surface area contributed by atoms with Crippen molar-refractivity contribution in [3.05, 3.63) is 29.8 Å². The summed E-state index contributed by atoms with van der Waals surface area (Å²) in [5.74, 6) is 0.150. The van der Waals surface area contributed by atoms with Crippen molar-refractivity contribution in [2.75, 3.05) is 37.7 Å². The number of amides is 1. The summed E-state index contributed by atoms with van der Waals surface area (Å²) in [5, 5.41) is 0. The number of rotatable bonds is 5. The molecule has 132 valence electrons. The van der Waals surface area contributed by atoms with Crippen LogP contribution in [-0.4, -0.2) is 56.0 Å². The molecule has 0 aliphatic carbocycles. The van der Waals surface area contributed by atoms with Crippen LogP contribution in [0, 0.1) is 6.92 Å². The molecule has 1 atom stereocenters. The molecule has 0 radical (unpaired) electrons. The smallest absolute Gasteiger partial charge is 0.241 e. The number of likely N-dealkylation sites (tertiary alicyclic amines) is 1. The molecule has 0 saturated carbocycles. The molecule has 2 heterocycles. The van der Waals surface area contributed by atoms with Crippen molar-refractivity contribution in [3.63, 3.8) is 0 Å². The molecule has 2 saturated heterocycles. The third-order valence-corrected chi connectivity index (χ3v) is 4.99. The van der Waals surface area contributed by atoms with E-state index in [0.29, 0.717) is 26.3 Å². The van der Waals surface area contributed by atoms with E-state index in [2.05, 4.69) is 17.9 Å². The first-order chi connectivity index (χ1) is 11.7. The van der Waals surface area contributed by atoms with Gasteiger partial charge in [0.2, 0.25) is 5.91 Å². The van der Waals surface area contributed by atoms with E-state index in [4.69, 9.17) is 9.47 Å². The molecule has 3 rings (SSSR count). The Morgan fingerprint density at radius 1 is 1.25 bits per heavy atom. The van der Waals surface area contributed by atoms with Crippen molar-refractivity contribution in [3.8, 4) is 0 Å². The molecule has 1 aromatic carbocycles. The van der Waals surface area contributed by atoms with Crippen molar-refractivity contribution in [1.29, 1.82) is 0 Å². The Kier molecular flexibility index (Phi) is 5.87. The molecular weight excluding hydrogens is 304 g/mol.